The molecule has 0 aromatic heterocycles. The number of hydrogen-bond donors (Lipinski definition) is 1. The Bertz CT molecular complexity index is 421. The van der Waals surface area contributed by atoms with Gasteiger partial charge in [0.15, 0.2) is 0 Å². The van der Waals surface area contributed by atoms with Crippen molar-refractivity contribution in [1.29, 1.82) is 0 Å². The summed E-state index contributed by atoms with van der Waals surface area (Å²) in [6, 6.07) is 5.59. The van der Waals surface area contributed by atoms with Crippen molar-refractivity contribution in [2.45, 2.75) is 20.5 Å². The van der Waals surface area contributed by atoms with E-state index in [2.05, 4.69) is 26.0 Å². The molecule has 1 aromatic rings. The first-order valence-electron chi connectivity index (χ1n) is 5.73. The van der Waals surface area contributed by atoms with E-state index in [0.29, 0.717) is 12.1 Å². The minimum absolute atomic E-state index is 0.0346. The molecule has 0 bridgehead atoms. The molecule has 0 fully saturated rings. The normalized spacial score (nSPS) is 11.5. The number of rotatable bonds is 6. The maximum Gasteiger partial charge on any atom is 0.387 e. The summed E-state index contributed by atoms with van der Waals surface area (Å²) in [4.78, 5) is 11.8. The molecule has 1 aromatic carbocycles. The number of carbonyl (C=O) groups excluding carboxylic acids is 1. The van der Waals surface area contributed by atoms with Crippen LogP contribution in [0.3, 0.4) is 0 Å². The molecule has 0 aliphatic carbocycles. The van der Waals surface area contributed by atoms with Gasteiger partial charge in [-0.2, -0.15) is 8.78 Å². The smallest absolute Gasteiger partial charge is 0.387 e. The van der Waals surface area contributed by atoms with Crippen molar-refractivity contribution in [1.82, 2.24) is 5.32 Å². The molecule has 0 unspecified atom stereocenters. The number of amides is 1. The van der Waals surface area contributed by atoms with Gasteiger partial charge in [0.05, 0.1) is 0 Å². The fourth-order valence-corrected chi connectivity index (χ4v) is 1.45. The van der Waals surface area contributed by atoms with E-state index in [4.69, 9.17) is 0 Å². The van der Waals surface area contributed by atoms with Crippen LogP contribution in [0.1, 0.15) is 24.2 Å². The summed E-state index contributed by atoms with van der Waals surface area (Å²) < 4.78 is 28.1. The summed E-state index contributed by atoms with van der Waals surface area (Å²) in [6.45, 7) is 1.69. The molecule has 0 aliphatic rings. The highest BCUT2D eigenvalue weighted by Gasteiger charge is 2.17. The van der Waals surface area contributed by atoms with E-state index in [1.807, 2.05) is 13.8 Å². The van der Waals surface area contributed by atoms with E-state index in [-0.39, 0.29) is 17.1 Å². The maximum absolute atomic E-state index is 12.0. The van der Waals surface area contributed by atoms with E-state index in [1.165, 1.54) is 24.3 Å². The van der Waals surface area contributed by atoms with E-state index in [0.717, 1.165) is 5.33 Å². The van der Waals surface area contributed by atoms with Crippen molar-refractivity contribution in [2.75, 3.05) is 11.9 Å². The van der Waals surface area contributed by atoms with Crippen LogP contribution in [-0.2, 0) is 0 Å². The molecule has 1 N–H and O–H groups in total. The number of ether oxygens (including phenoxy) is 1. The van der Waals surface area contributed by atoms with Crippen molar-refractivity contribution in [3.8, 4) is 5.75 Å². The second-order valence-electron chi connectivity index (χ2n) is 4.88. The Morgan fingerprint density at radius 1 is 1.37 bits per heavy atom. The van der Waals surface area contributed by atoms with Crippen LogP contribution in [-0.4, -0.2) is 24.4 Å². The average Bonchev–Trinajstić information content (AvgIpc) is 2.36. The zero-order valence-electron chi connectivity index (χ0n) is 10.8. The van der Waals surface area contributed by atoms with Crippen LogP contribution in [0.5, 0.6) is 5.75 Å². The summed E-state index contributed by atoms with van der Waals surface area (Å²) in [5.41, 5.74) is 0.362. The predicted molar refractivity (Wildman–Crippen MR) is 73.0 cm³/mol. The second kappa shape index (κ2) is 6.84. The van der Waals surface area contributed by atoms with Crippen molar-refractivity contribution < 1.29 is 18.3 Å². The minimum atomic E-state index is -2.86. The molecule has 1 rings (SSSR count). The number of benzene rings is 1. The van der Waals surface area contributed by atoms with Gasteiger partial charge < -0.3 is 10.1 Å². The number of halogens is 3. The van der Waals surface area contributed by atoms with Gasteiger partial charge in [-0.3, -0.25) is 4.79 Å². The van der Waals surface area contributed by atoms with Gasteiger partial charge in [0, 0.05) is 17.4 Å². The molecule has 19 heavy (non-hydrogen) atoms. The van der Waals surface area contributed by atoms with Crippen LogP contribution in [0.25, 0.3) is 0 Å². The summed E-state index contributed by atoms with van der Waals surface area (Å²) in [7, 11) is 0. The zero-order chi connectivity index (χ0) is 14.5. The Kier molecular flexibility index (Phi) is 5.72. The quantitative estimate of drug-likeness (QED) is 0.808. The number of alkyl halides is 3. The van der Waals surface area contributed by atoms with Crippen LogP contribution in [0.15, 0.2) is 24.3 Å². The van der Waals surface area contributed by atoms with Gasteiger partial charge in [-0.05, 0) is 29.7 Å². The fourth-order valence-electron chi connectivity index (χ4n) is 1.26. The molecule has 0 saturated carbocycles. The average molecular weight is 336 g/mol. The Balaban J connectivity index is 2.58. The summed E-state index contributed by atoms with van der Waals surface area (Å²) in [5.74, 6) is -0.204. The predicted octanol–water partition coefficient (Wildman–Crippen LogP) is 3.44. The Morgan fingerprint density at radius 2 is 1.95 bits per heavy atom. The molecule has 6 heteroatoms. The lowest BCUT2D eigenvalue weighted by Gasteiger charge is -2.21. The molecule has 0 saturated heterocycles. The lowest BCUT2D eigenvalue weighted by molar-refractivity contribution is -0.0498. The molecule has 0 atom stereocenters. The van der Waals surface area contributed by atoms with Gasteiger partial charge in [0.2, 0.25) is 0 Å². The molecule has 106 valence electrons. The van der Waals surface area contributed by atoms with Crippen molar-refractivity contribution >= 4 is 21.8 Å². The van der Waals surface area contributed by atoms with E-state index >= 15 is 0 Å². The summed E-state index contributed by atoms with van der Waals surface area (Å²) >= 11 is 3.37. The van der Waals surface area contributed by atoms with Crippen molar-refractivity contribution in [2.24, 2.45) is 5.41 Å². The largest absolute Gasteiger partial charge is 0.435 e. The van der Waals surface area contributed by atoms with Crippen LogP contribution < -0.4 is 10.1 Å². The molecule has 1 amide bonds. The highest BCUT2D eigenvalue weighted by Crippen LogP contribution is 2.17. The van der Waals surface area contributed by atoms with E-state index in [9.17, 15) is 13.6 Å². The van der Waals surface area contributed by atoms with Gasteiger partial charge in [-0.15, -0.1) is 0 Å². The SMILES string of the molecule is CC(C)(CBr)CNC(=O)c1ccc(OC(F)F)cc1. The number of nitrogens with one attached hydrogen (secondary N) is 1. The van der Waals surface area contributed by atoms with Gasteiger partial charge in [0.1, 0.15) is 5.75 Å². The maximum atomic E-state index is 12.0. The lowest BCUT2D eigenvalue weighted by Crippen LogP contribution is -2.34. The molecule has 3 nitrogen and oxygen atoms in total. The van der Waals surface area contributed by atoms with Gasteiger partial charge in [0.25, 0.3) is 5.91 Å². The van der Waals surface area contributed by atoms with Crippen LogP contribution in [0, 0.1) is 5.41 Å². The second-order valence-corrected chi connectivity index (χ2v) is 5.44. The van der Waals surface area contributed by atoms with Gasteiger partial charge in [-0.1, -0.05) is 29.8 Å². The highest BCUT2D eigenvalue weighted by atomic mass is 79.9. The first kappa shape index (κ1) is 15.9. The van der Waals surface area contributed by atoms with Crippen molar-refractivity contribution in [3.63, 3.8) is 0 Å². The Morgan fingerprint density at radius 3 is 2.42 bits per heavy atom. The summed E-state index contributed by atoms with van der Waals surface area (Å²) in [6.07, 6.45) is 0. The Labute approximate surface area is 119 Å². The van der Waals surface area contributed by atoms with Gasteiger partial charge in [-0.25, -0.2) is 0 Å². The number of hydrogen-bond acceptors (Lipinski definition) is 2. The van der Waals surface area contributed by atoms with E-state index in [1.54, 1.807) is 0 Å². The monoisotopic (exact) mass is 335 g/mol. The lowest BCUT2D eigenvalue weighted by atomic mass is 9.97. The van der Waals surface area contributed by atoms with Crippen LogP contribution in [0.4, 0.5) is 8.78 Å². The number of carbonyl (C=O) groups is 1. The fraction of sp³-hybridized carbons (Fsp3) is 0.462. The third kappa shape index (κ3) is 5.55. The molecular formula is C13H16BrF2NO2. The van der Waals surface area contributed by atoms with Crippen LogP contribution >= 0.6 is 15.9 Å². The third-order valence-electron chi connectivity index (χ3n) is 2.43. The first-order chi connectivity index (χ1) is 8.84. The highest BCUT2D eigenvalue weighted by molar-refractivity contribution is 9.09. The molecule has 0 heterocycles. The first-order valence-corrected chi connectivity index (χ1v) is 6.85. The van der Waals surface area contributed by atoms with Crippen LogP contribution in [0.2, 0.25) is 0 Å². The molecular weight excluding hydrogens is 320 g/mol. The molecule has 0 spiro atoms. The van der Waals surface area contributed by atoms with E-state index < -0.39 is 6.61 Å². The summed E-state index contributed by atoms with van der Waals surface area (Å²) in [5, 5.41) is 3.56. The molecule has 0 radical (unpaired) electrons. The van der Waals surface area contributed by atoms with Gasteiger partial charge >= 0.3 is 6.61 Å². The third-order valence-corrected chi connectivity index (χ3v) is 3.95. The Hall–Kier alpha value is -1.17. The topological polar surface area (TPSA) is 38.3 Å². The standard InChI is InChI=1S/C13H16BrF2NO2/c1-13(2,7-14)8-17-11(18)9-3-5-10(6-4-9)19-12(15)16/h3-6,12H,7-8H2,1-2H3,(H,17,18). The minimum Gasteiger partial charge on any atom is -0.435 e. The van der Waals surface area contributed by atoms with Crippen molar-refractivity contribution in [3.05, 3.63) is 29.8 Å². The zero-order valence-corrected chi connectivity index (χ0v) is 12.3. The molecule has 0 aliphatic heterocycles.